The van der Waals surface area contributed by atoms with E-state index in [0.29, 0.717) is 10.6 Å². The molecular weight excluding hydrogens is 580 g/mol. The molecule has 14 nitrogen and oxygen atoms in total. The van der Waals surface area contributed by atoms with Crippen molar-refractivity contribution >= 4 is 58.3 Å². The molecule has 0 radical (unpaired) electrons. The summed E-state index contributed by atoms with van der Waals surface area (Å²) in [5.74, 6) is -1.28. The molecular formula is C28H31ClN8O6. The second-order valence-corrected chi connectivity index (χ2v) is 11.7. The molecule has 0 fully saturated rings. The fourth-order valence-corrected chi connectivity index (χ4v) is 4.00. The van der Waals surface area contributed by atoms with Crippen molar-refractivity contribution in [2.24, 2.45) is 0 Å². The van der Waals surface area contributed by atoms with E-state index in [9.17, 15) is 19.2 Å². The number of ether oxygens (including phenoxy) is 2. The molecule has 0 bridgehead atoms. The molecule has 0 aliphatic carbocycles. The smallest absolute Gasteiger partial charge is 0.425 e. The van der Waals surface area contributed by atoms with Crippen LogP contribution in [0.3, 0.4) is 0 Å². The van der Waals surface area contributed by atoms with Crippen molar-refractivity contribution in [1.82, 2.24) is 24.2 Å². The van der Waals surface area contributed by atoms with Crippen LogP contribution in [0.5, 0.6) is 0 Å². The maximum Gasteiger partial charge on any atom is 0.425 e. The first-order valence-corrected chi connectivity index (χ1v) is 13.5. The van der Waals surface area contributed by atoms with E-state index < -0.39 is 35.2 Å². The Morgan fingerprint density at radius 1 is 0.907 bits per heavy atom. The summed E-state index contributed by atoms with van der Waals surface area (Å²) < 4.78 is 13.4. The molecule has 15 heteroatoms. The van der Waals surface area contributed by atoms with Gasteiger partial charge in [-0.25, -0.2) is 24.5 Å². The van der Waals surface area contributed by atoms with E-state index >= 15 is 0 Å². The Hall–Kier alpha value is -4.98. The van der Waals surface area contributed by atoms with Gasteiger partial charge in [-0.15, -0.1) is 0 Å². The van der Waals surface area contributed by atoms with Crippen LogP contribution in [0.2, 0.25) is 5.02 Å². The summed E-state index contributed by atoms with van der Waals surface area (Å²) in [5.41, 5.74) is 1.50. The molecule has 226 valence electrons. The second-order valence-electron chi connectivity index (χ2n) is 11.3. The Labute approximate surface area is 251 Å². The van der Waals surface area contributed by atoms with Crippen molar-refractivity contribution in [3.05, 3.63) is 66.0 Å². The van der Waals surface area contributed by atoms with Crippen LogP contribution in [0.15, 0.2) is 55.2 Å². The molecule has 0 atom stereocenters. The fraction of sp³-hybridized carbons (Fsp3) is 0.321. The molecule has 3 heterocycles. The quantitative estimate of drug-likeness (QED) is 0.306. The molecule has 4 amide bonds. The molecule has 0 aliphatic heterocycles. The number of anilines is 2. The number of hydrogen-bond acceptors (Lipinski definition) is 9. The minimum absolute atomic E-state index is 0.0179. The predicted molar refractivity (Wildman–Crippen MR) is 158 cm³/mol. The number of halogens is 1. The highest BCUT2D eigenvalue weighted by molar-refractivity contribution is 6.34. The number of imide groups is 1. The van der Waals surface area contributed by atoms with Gasteiger partial charge in [-0.1, -0.05) is 29.8 Å². The zero-order valence-electron chi connectivity index (χ0n) is 24.4. The molecule has 0 saturated heterocycles. The summed E-state index contributed by atoms with van der Waals surface area (Å²) in [6.45, 7) is 9.59. The van der Waals surface area contributed by atoms with Crippen molar-refractivity contribution in [2.75, 3.05) is 15.6 Å². The van der Waals surface area contributed by atoms with Gasteiger partial charge in [-0.05, 0) is 59.7 Å². The van der Waals surface area contributed by atoms with E-state index in [-0.39, 0.29) is 34.2 Å². The van der Waals surface area contributed by atoms with Crippen LogP contribution < -0.4 is 15.6 Å². The number of imidazole rings is 1. The Bertz CT molecular complexity index is 1640. The topological polar surface area (TPSA) is 163 Å². The molecule has 0 saturated carbocycles. The van der Waals surface area contributed by atoms with Gasteiger partial charge in [0.25, 0.3) is 11.8 Å². The highest BCUT2D eigenvalue weighted by Crippen LogP contribution is 2.26. The zero-order chi connectivity index (χ0) is 31.5. The van der Waals surface area contributed by atoms with E-state index in [1.165, 1.54) is 27.8 Å². The normalized spacial score (nSPS) is 11.6. The third-order valence-corrected chi connectivity index (χ3v) is 5.69. The zero-order valence-corrected chi connectivity index (χ0v) is 25.2. The van der Waals surface area contributed by atoms with Crippen LogP contribution in [0.4, 0.5) is 21.1 Å². The lowest BCUT2D eigenvalue weighted by molar-refractivity contribution is -0.117. The van der Waals surface area contributed by atoms with Crippen LogP contribution in [-0.2, 0) is 20.8 Å². The standard InChI is InChI=1S/C28H31ClN8O6/c1-27(2,3)42-25(40)37(26(41)43-28(4,5)6)23-20-22(30-15-31-23)35(16-32-20)14-19(38)34-36-13-12-18(29)21(36)24(39)33-17-10-8-7-9-11-17/h7-13,15-16H,14H2,1-6H3,(H,33,39)(H,34,38). The summed E-state index contributed by atoms with van der Waals surface area (Å²) >= 11 is 6.24. The van der Waals surface area contributed by atoms with Gasteiger partial charge in [-0.2, -0.15) is 4.90 Å². The maximum absolute atomic E-state index is 13.1. The first-order chi connectivity index (χ1) is 20.1. The number of nitrogens with zero attached hydrogens (tertiary/aromatic N) is 6. The third kappa shape index (κ3) is 7.65. The number of carbonyl (C=O) groups is 4. The Balaban J connectivity index is 1.59. The summed E-state index contributed by atoms with van der Waals surface area (Å²) in [4.78, 5) is 65.4. The number of para-hydroxylation sites is 1. The summed E-state index contributed by atoms with van der Waals surface area (Å²) in [6, 6.07) is 10.2. The lowest BCUT2D eigenvalue weighted by atomic mass is 10.2. The van der Waals surface area contributed by atoms with Crippen LogP contribution in [-0.4, -0.2) is 59.4 Å². The highest BCUT2D eigenvalue weighted by atomic mass is 35.5. The first-order valence-electron chi connectivity index (χ1n) is 13.1. The molecule has 0 aliphatic rings. The van der Waals surface area contributed by atoms with Gasteiger partial charge in [0, 0.05) is 11.9 Å². The van der Waals surface area contributed by atoms with Crippen molar-refractivity contribution < 1.29 is 28.7 Å². The number of amides is 4. The summed E-state index contributed by atoms with van der Waals surface area (Å²) in [5, 5.41) is 2.85. The van der Waals surface area contributed by atoms with E-state index in [1.807, 2.05) is 6.07 Å². The molecule has 0 unspecified atom stereocenters. The average molecular weight is 611 g/mol. The molecule has 43 heavy (non-hydrogen) atoms. The molecule has 2 N–H and O–H groups in total. The first kappa shape index (κ1) is 31.0. The molecule has 3 aromatic heterocycles. The van der Waals surface area contributed by atoms with E-state index in [1.54, 1.807) is 65.8 Å². The molecule has 4 aromatic rings. The fourth-order valence-electron chi connectivity index (χ4n) is 3.77. The summed E-state index contributed by atoms with van der Waals surface area (Å²) in [7, 11) is 0. The monoisotopic (exact) mass is 610 g/mol. The van der Waals surface area contributed by atoms with Gasteiger partial charge in [-0.3, -0.25) is 19.7 Å². The van der Waals surface area contributed by atoms with E-state index in [4.69, 9.17) is 21.1 Å². The third-order valence-electron chi connectivity index (χ3n) is 5.39. The number of rotatable bonds is 6. The number of aromatic nitrogens is 5. The number of fused-ring (bicyclic) bond motifs is 1. The van der Waals surface area contributed by atoms with Gasteiger partial charge in [0.15, 0.2) is 17.0 Å². The number of hydrogen-bond donors (Lipinski definition) is 2. The maximum atomic E-state index is 13.1. The van der Waals surface area contributed by atoms with Gasteiger partial charge in [0.05, 0.1) is 11.3 Å². The van der Waals surface area contributed by atoms with Crippen molar-refractivity contribution in [2.45, 2.75) is 59.3 Å². The minimum Gasteiger partial charge on any atom is -0.443 e. The average Bonchev–Trinajstić information content (AvgIpc) is 3.46. The second kappa shape index (κ2) is 12.1. The Kier molecular flexibility index (Phi) is 8.71. The van der Waals surface area contributed by atoms with Crippen LogP contribution in [0.25, 0.3) is 11.2 Å². The predicted octanol–water partition coefficient (Wildman–Crippen LogP) is 4.98. The number of carbonyl (C=O) groups excluding carboxylic acids is 4. The van der Waals surface area contributed by atoms with Crippen molar-refractivity contribution in [3.63, 3.8) is 0 Å². The Morgan fingerprint density at radius 3 is 2.14 bits per heavy atom. The van der Waals surface area contributed by atoms with Crippen LogP contribution in [0.1, 0.15) is 52.0 Å². The van der Waals surface area contributed by atoms with Gasteiger partial charge < -0.3 is 19.4 Å². The summed E-state index contributed by atoms with van der Waals surface area (Å²) in [6.07, 6.45) is 1.80. The van der Waals surface area contributed by atoms with Crippen molar-refractivity contribution in [1.29, 1.82) is 0 Å². The molecule has 0 spiro atoms. The van der Waals surface area contributed by atoms with Gasteiger partial charge in [0.2, 0.25) is 0 Å². The van der Waals surface area contributed by atoms with Crippen LogP contribution in [0, 0.1) is 0 Å². The van der Waals surface area contributed by atoms with Gasteiger partial charge >= 0.3 is 12.2 Å². The van der Waals surface area contributed by atoms with E-state index in [0.717, 1.165) is 6.33 Å². The molecule has 1 aromatic carbocycles. The Morgan fingerprint density at radius 2 is 1.53 bits per heavy atom. The van der Waals surface area contributed by atoms with Gasteiger partial charge in [0.1, 0.15) is 29.8 Å². The minimum atomic E-state index is -1.03. The van der Waals surface area contributed by atoms with Crippen molar-refractivity contribution in [3.8, 4) is 0 Å². The lowest BCUT2D eigenvalue weighted by Gasteiger charge is -2.28. The van der Waals surface area contributed by atoms with E-state index in [2.05, 4.69) is 25.7 Å². The number of nitrogens with one attached hydrogen (secondary N) is 2. The van der Waals surface area contributed by atoms with Crippen LogP contribution >= 0.6 is 11.6 Å². The number of benzene rings is 1. The highest BCUT2D eigenvalue weighted by Gasteiger charge is 2.35. The molecule has 4 rings (SSSR count). The largest absolute Gasteiger partial charge is 0.443 e. The SMILES string of the molecule is CC(C)(C)OC(=O)N(C(=O)OC(C)(C)C)c1ncnc2c1ncn2CC(=O)Nn1ccc(Cl)c1C(=O)Nc1ccccc1. The lowest BCUT2D eigenvalue weighted by Crippen LogP contribution is -2.44.